The van der Waals surface area contributed by atoms with E-state index in [1.54, 1.807) is 0 Å². The standard InChI is InChI=1S/C18H15Br2P.C7H8/c19-21(20,16-10-4-1-5-11-16,17-12-6-2-7-13-17)18-14-8-3-9-15-18;1-7-5-3-2-4-6-7/h1-15H;2-6H,1H3. The maximum Gasteiger partial charge on any atom is -0.0398 e. The quantitative estimate of drug-likeness (QED) is 0.255. The van der Waals surface area contributed by atoms with E-state index in [0.29, 0.717) is 0 Å². The molecule has 0 bridgehead atoms. The van der Waals surface area contributed by atoms with Gasteiger partial charge >= 0.3 is 142 Å². The molecule has 4 aromatic rings. The van der Waals surface area contributed by atoms with Gasteiger partial charge in [0.1, 0.15) is 0 Å². The first-order valence-electron chi connectivity index (χ1n) is 9.15. The molecule has 0 fully saturated rings. The van der Waals surface area contributed by atoms with Crippen LogP contribution in [-0.2, 0) is 0 Å². The van der Waals surface area contributed by atoms with Crippen LogP contribution in [0.15, 0.2) is 121 Å². The second-order valence-corrected chi connectivity index (χ2v) is 21.3. The first-order valence-corrected chi connectivity index (χ1v) is 15.4. The number of halogens is 2. The molecule has 0 aliphatic carbocycles. The van der Waals surface area contributed by atoms with Crippen molar-refractivity contribution in [1.82, 2.24) is 0 Å². The minimum absolute atomic E-state index is 1.26. The monoisotopic (exact) mass is 512 g/mol. The van der Waals surface area contributed by atoms with Crippen molar-refractivity contribution in [1.29, 1.82) is 0 Å². The predicted molar refractivity (Wildman–Crippen MR) is 134 cm³/mol. The molecule has 142 valence electrons. The zero-order valence-electron chi connectivity index (χ0n) is 15.8. The average molecular weight is 514 g/mol. The Morgan fingerprint density at radius 2 is 0.679 bits per heavy atom. The van der Waals surface area contributed by atoms with Gasteiger partial charge in [-0.3, -0.25) is 0 Å². The molecule has 3 heteroatoms. The number of hydrogen-bond donors (Lipinski definition) is 0. The molecule has 0 saturated heterocycles. The summed E-state index contributed by atoms with van der Waals surface area (Å²) < 4.78 is -2.75. The van der Waals surface area contributed by atoms with E-state index < -0.39 is 4.01 Å². The second kappa shape index (κ2) is 9.18. The van der Waals surface area contributed by atoms with Gasteiger partial charge in [0.2, 0.25) is 0 Å². The van der Waals surface area contributed by atoms with E-state index in [0.717, 1.165) is 0 Å². The molecule has 0 atom stereocenters. The number of benzene rings is 4. The van der Waals surface area contributed by atoms with Crippen LogP contribution in [0.1, 0.15) is 5.56 Å². The molecule has 0 aliphatic heterocycles. The van der Waals surface area contributed by atoms with Crippen molar-refractivity contribution in [3.8, 4) is 0 Å². The fourth-order valence-corrected chi connectivity index (χ4v) is 10.3. The zero-order chi connectivity index (χ0) is 19.9. The molecule has 0 aromatic heterocycles. The van der Waals surface area contributed by atoms with Gasteiger partial charge in [-0.2, -0.15) is 0 Å². The van der Waals surface area contributed by atoms with Gasteiger partial charge in [-0.1, -0.05) is 35.9 Å². The van der Waals surface area contributed by atoms with Crippen LogP contribution in [0.25, 0.3) is 0 Å². The van der Waals surface area contributed by atoms with Gasteiger partial charge in [0.05, 0.1) is 0 Å². The van der Waals surface area contributed by atoms with Gasteiger partial charge in [0, 0.05) is 0 Å². The molecular formula is C25H23Br2P. The summed E-state index contributed by atoms with van der Waals surface area (Å²) >= 11 is 8.32. The van der Waals surface area contributed by atoms with Gasteiger partial charge in [-0.05, 0) is 6.92 Å². The Labute approximate surface area is 184 Å². The number of hydrogen-bond acceptors (Lipinski definition) is 0. The maximum atomic E-state index is 4.16. The van der Waals surface area contributed by atoms with Crippen LogP contribution in [0.4, 0.5) is 0 Å². The minimum Gasteiger partial charge on any atom is -0.0622 e. The predicted octanol–water partition coefficient (Wildman–Crippen LogP) is 7.13. The molecule has 4 aromatic carbocycles. The van der Waals surface area contributed by atoms with Crippen molar-refractivity contribution in [2.75, 3.05) is 0 Å². The SMILES string of the molecule is BrP(Br)(c1ccccc1)(c1ccccc1)c1ccccc1.Cc1ccccc1. The summed E-state index contributed by atoms with van der Waals surface area (Å²) in [5, 5.41) is 3.79. The Morgan fingerprint density at radius 3 is 0.893 bits per heavy atom. The molecule has 0 aliphatic rings. The van der Waals surface area contributed by atoms with E-state index in [1.165, 1.54) is 21.5 Å². The van der Waals surface area contributed by atoms with Gasteiger partial charge < -0.3 is 0 Å². The van der Waals surface area contributed by atoms with Crippen LogP contribution in [0, 0.1) is 6.92 Å². The first kappa shape index (κ1) is 21.0. The Morgan fingerprint density at radius 1 is 0.429 bits per heavy atom. The van der Waals surface area contributed by atoms with Crippen LogP contribution in [0.2, 0.25) is 0 Å². The molecular weight excluding hydrogens is 491 g/mol. The van der Waals surface area contributed by atoms with Crippen LogP contribution >= 0.6 is 35.0 Å². The third kappa shape index (κ3) is 4.46. The number of aryl methyl sites for hydroxylation is 1. The topological polar surface area (TPSA) is 0 Å². The summed E-state index contributed by atoms with van der Waals surface area (Å²) in [6.45, 7) is 2.08. The summed E-state index contributed by atoms with van der Waals surface area (Å²) in [6.07, 6.45) is 0. The molecule has 4 rings (SSSR count). The largest absolute Gasteiger partial charge is 0.0622 e. The van der Waals surface area contributed by atoms with Crippen LogP contribution in [-0.4, -0.2) is 0 Å². The zero-order valence-corrected chi connectivity index (χ0v) is 19.8. The molecule has 0 heterocycles. The smallest absolute Gasteiger partial charge is 0.0398 e. The fourth-order valence-electron chi connectivity index (χ4n) is 3.05. The van der Waals surface area contributed by atoms with Crippen LogP contribution < -0.4 is 15.9 Å². The van der Waals surface area contributed by atoms with E-state index in [1.807, 2.05) is 18.2 Å². The molecule has 0 saturated carbocycles. The second-order valence-electron chi connectivity index (χ2n) is 6.57. The molecule has 0 radical (unpaired) electrons. The van der Waals surface area contributed by atoms with E-state index in [2.05, 4.69) is 141 Å². The van der Waals surface area contributed by atoms with E-state index >= 15 is 0 Å². The van der Waals surface area contributed by atoms with Gasteiger partial charge in [0.25, 0.3) is 0 Å². The third-order valence-corrected chi connectivity index (χ3v) is 15.6. The van der Waals surface area contributed by atoms with Gasteiger partial charge in [-0.25, -0.2) is 0 Å². The van der Waals surface area contributed by atoms with Gasteiger partial charge in [-0.15, -0.1) is 0 Å². The maximum absolute atomic E-state index is 4.16. The van der Waals surface area contributed by atoms with Crippen molar-refractivity contribution >= 4 is 50.9 Å². The fraction of sp³-hybridized carbons (Fsp3) is 0.0400. The summed E-state index contributed by atoms with van der Waals surface area (Å²) in [4.78, 5) is 0. The Balaban J connectivity index is 0.000000271. The summed E-state index contributed by atoms with van der Waals surface area (Å²) in [5.74, 6) is 0. The number of rotatable bonds is 3. The van der Waals surface area contributed by atoms with Crippen molar-refractivity contribution < 1.29 is 0 Å². The summed E-state index contributed by atoms with van der Waals surface area (Å²) in [6, 6.07) is 42.0. The van der Waals surface area contributed by atoms with E-state index in [9.17, 15) is 0 Å². The molecule has 0 spiro atoms. The molecule has 0 amide bonds. The van der Waals surface area contributed by atoms with E-state index in [-0.39, 0.29) is 0 Å². The minimum atomic E-state index is -2.75. The van der Waals surface area contributed by atoms with Crippen molar-refractivity contribution in [2.45, 2.75) is 6.92 Å². The first-order chi connectivity index (χ1) is 13.5. The van der Waals surface area contributed by atoms with Crippen molar-refractivity contribution in [3.63, 3.8) is 0 Å². The molecule has 0 N–H and O–H groups in total. The Kier molecular flexibility index (Phi) is 6.88. The Hall–Kier alpha value is -1.73. The van der Waals surface area contributed by atoms with Crippen LogP contribution in [0.5, 0.6) is 0 Å². The molecule has 0 nitrogen and oxygen atoms in total. The Bertz CT molecular complexity index is 882. The molecule has 28 heavy (non-hydrogen) atoms. The van der Waals surface area contributed by atoms with Crippen LogP contribution in [0.3, 0.4) is 0 Å². The van der Waals surface area contributed by atoms with E-state index in [4.69, 9.17) is 0 Å². The van der Waals surface area contributed by atoms with Gasteiger partial charge in [0.15, 0.2) is 0 Å². The third-order valence-electron chi connectivity index (χ3n) is 4.57. The summed E-state index contributed by atoms with van der Waals surface area (Å²) in [7, 11) is 0. The normalized spacial score (nSPS) is 12.2. The van der Waals surface area contributed by atoms with Crippen molar-refractivity contribution in [3.05, 3.63) is 127 Å². The van der Waals surface area contributed by atoms with Crippen molar-refractivity contribution in [2.24, 2.45) is 0 Å². The average Bonchev–Trinajstić information content (AvgIpc) is 2.77. The molecule has 0 unspecified atom stereocenters. The summed E-state index contributed by atoms with van der Waals surface area (Å²) in [5.41, 5.74) is 1.32.